The number of hydrogen-bond donors (Lipinski definition) is 1. The molecule has 6 rings (SSSR count). The summed E-state index contributed by atoms with van der Waals surface area (Å²) in [7, 11) is 1.68. The number of benzene rings is 2. The highest BCUT2D eigenvalue weighted by atomic mass is 35.5. The second kappa shape index (κ2) is 12.0. The number of carbonyl (C=O) groups excluding carboxylic acids is 1. The number of aromatic nitrogens is 2. The number of fused-ring (bicyclic) bond motifs is 1. The molecule has 3 aliphatic rings. The minimum atomic E-state index is -1.43. The van der Waals surface area contributed by atoms with Gasteiger partial charge in [0.1, 0.15) is 24.0 Å². The number of carbonyl (C=O) groups is 1. The topological polar surface area (TPSA) is 74.6 Å². The van der Waals surface area contributed by atoms with Crippen molar-refractivity contribution in [2.24, 2.45) is 5.92 Å². The third-order valence-corrected chi connectivity index (χ3v) is 9.23. The number of ether oxygens (including phenoxy) is 3. The Morgan fingerprint density at radius 3 is 2.56 bits per heavy atom. The van der Waals surface area contributed by atoms with Gasteiger partial charge in [0.15, 0.2) is 11.3 Å². The van der Waals surface area contributed by atoms with Crippen LogP contribution in [0.2, 0.25) is 5.02 Å². The lowest BCUT2D eigenvalue weighted by molar-refractivity contribution is -0.131. The van der Waals surface area contributed by atoms with Crippen molar-refractivity contribution in [1.82, 2.24) is 14.9 Å². The summed E-state index contributed by atoms with van der Waals surface area (Å²) in [6.07, 6.45) is 10.7. The van der Waals surface area contributed by atoms with Crippen molar-refractivity contribution in [3.05, 3.63) is 76.7 Å². The summed E-state index contributed by atoms with van der Waals surface area (Å²) in [5.41, 5.74) is 0.443. The highest BCUT2D eigenvalue weighted by Gasteiger charge is 2.51. The largest absolute Gasteiger partial charge is 0.461 e. The molecule has 2 fully saturated rings. The molecule has 1 amide bonds. The van der Waals surface area contributed by atoms with Gasteiger partial charge in [-0.1, -0.05) is 74.0 Å². The Bertz CT molecular complexity index is 1420. The fourth-order valence-electron chi connectivity index (χ4n) is 6.92. The average molecular weight is 582 g/mol. The lowest BCUT2D eigenvalue weighted by Crippen LogP contribution is -2.55. The van der Waals surface area contributed by atoms with Gasteiger partial charge in [0.2, 0.25) is 6.79 Å². The second-order valence-corrected chi connectivity index (χ2v) is 11.9. The molecule has 1 aliphatic heterocycles. The molecule has 3 aromatic rings. The van der Waals surface area contributed by atoms with Gasteiger partial charge in [-0.25, -0.2) is 9.37 Å². The smallest absolute Gasteiger partial charge is 0.254 e. The van der Waals surface area contributed by atoms with E-state index in [1.165, 1.54) is 18.7 Å². The van der Waals surface area contributed by atoms with Gasteiger partial charge in [-0.05, 0) is 43.2 Å². The molecule has 1 N–H and O–H groups in total. The Kier molecular flexibility index (Phi) is 8.22. The molecule has 218 valence electrons. The number of imidazole rings is 1. The van der Waals surface area contributed by atoms with Gasteiger partial charge in [0.25, 0.3) is 5.91 Å². The van der Waals surface area contributed by atoms with Crippen molar-refractivity contribution in [3.8, 4) is 0 Å². The third-order valence-electron chi connectivity index (χ3n) is 8.94. The first-order valence-electron chi connectivity index (χ1n) is 14.7. The Morgan fingerprint density at radius 1 is 1.15 bits per heavy atom. The van der Waals surface area contributed by atoms with Crippen molar-refractivity contribution in [3.63, 3.8) is 0 Å². The molecule has 2 heterocycles. The summed E-state index contributed by atoms with van der Waals surface area (Å²) < 4.78 is 34.7. The lowest BCUT2D eigenvalue weighted by atomic mass is 9.83. The molecule has 2 unspecified atom stereocenters. The highest BCUT2D eigenvalue weighted by molar-refractivity contribution is 6.31. The van der Waals surface area contributed by atoms with Crippen LogP contribution in [-0.2, 0) is 31.0 Å². The van der Waals surface area contributed by atoms with E-state index in [9.17, 15) is 9.18 Å². The molecule has 7 nitrogen and oxygen atoms in total. The van der Waals surface area contributed by atoms with E-state index in [1.807, 2.05) is 34.9 Å². The molecule has 2 atom stereocenters. The molecular weight excluding hydrogens is 545 g/mol. The van der Waals surface area contributed by atoms with Gasteiger partial charge in [0.05, 0.1) is 16.1 Å². The maximum atomic E-state index is 14.9. The van der Waals surface area contributed by atoms with Gasteiger partial charge in [0, 0.05) is 25.6 Å². The molecule has 0 spiro atoms. The van der Waals surface area contributed by atoms with Crippen LogP contribution in [0.25, 0.3) is 11.0 Å². The summed E-state index contributed by atoms with van der Waals surface area (Å²) in [4.78, 5) is 19.9. The van der Waals surface area contributed by atoms with E-state index in [1.54, 1.807) is 13.2 Å². The molecular formula is C32H37ClFN3O4. The summed E-state index contributed by atoms with van der Waals surface area (Å²) in [6, 6.07) is 12.8. The van der Waals surface area contributed by atoms with Crippen LogP contribution in [0.1, 0.15) is 75.3 Å². The lowest BCUT2D eigenvalue weighted by Gasteiger charge is -2.38. The minimum absolute atomic E-state index is 0.00371. The van der Waals surface area contributed by atoms with Crippen LogP contribution in [0.5, 0.6) is 0 Å². The number of halogens is 2. The minimum Gasteiger partial charge on any atom is -0.461 e. The van der Waals surface area contributed by atoms with Crippen LogP contribution in [0.3, 0.4) is 0 Å². The van der Waals surface area contributed by atoms with Crippen LogP contribution in [0, 0.1) is 11.7 Å². The standard InChI is InChI=1S/C32H37ClFN3O4/c1-39-29(22-12-6-3-7-13-22)30-36-26-17-25(34)24(33)16-27(26)37(30)32(28-19-40-20-41-28,18-21-10-4-2-5-11-21)31(38)35-23-14-8-9-15-23/h2,4-5,10-11,16-17,19,22-23,29H,3,6-9,12-15,18,20H2,1H3,(H,35,38). The zero-order chi connectivity index (χ0) is 28.4. The number of rotatable bonds is 9. The first-order valence-corrected chi connectivity index (χ1v) is 15.1. The number of methoxy groups -OCH3 is 1. The Balaban J connectivity index is 1.63. The van der Waals surface area contributed by atoms with Crippen molar-refractivity contribution < 1.29 is 23.4 Å². The zero-order valence-corrected chi connectivity index (χ0v) is 24.2. The van der Waals surface area contributed by atoms with Crippen molar-refractivity contribution in [1.29, 1.82) is 0 Å². The van der Waals surface area contributed by atoms with E-state index in [-0.39, 0.29) is 36.1 Å². The molecule has 2 aliphatic carbocycles. The summed E-state index contributed by atoms with van der Waals surface area (Å²) in [6.45, 7) is -0.00371. The van der Waals surface area contributed by atoms with Crippen molar-refractivity contribution in [2.75, 3.05) is 13.9 Å². The van der Waals surface area contributed by atoms with E-state index in [2.05, 4.69) is 5.32 Å². The predicted molar refractivity (Wildman–Crippen MR) is 155 cm³/mol. The number of amides is 1. The normalized spacial score (nSPS) is 20.3. The van der Waals surface area contributed by atoms with Gasteiger partial charge in [-0.15, -0.1) is 0 Å². The van der Waals surface area contributed by atoms with Gasteiger partial charge in [-0.2, -0.15) is 0 Å². The number of hydrogen-bond acceptors (Lipinski definition) is 5. The second-order valence-electron chi connectivity index (χ2n) is 11.5. The van der Waals surface area contributed by atoms with Gasteiger partial charge >= 0.3 is 0 Å². The van der Waals surface area contributed by atoms with E-state index >= 15 is 0 Å². The summed E-state index contributed by atoms with van der Waals surface area (Å²) >= 11 is 6.40. The first kappa shape index (κ1) is 28.0. The van der Waals surface area contributed by atoms with E-state index < -0.39 is 17.5 Å². The van der Waals surface area contributed by atoms with Crippen molar-refractivity contribution >= 4 is 28.5 Å². The average Bonchev–Trinajstić information content (AvgIpc) is 3.77. The maximum Gasteiger partial charge on any atom is 0.254 e. The molecule has 0 bridgehead atoms. The fourth-order valence-corrected chi connectivity index (χ4v) is 7.08. The van der Waals surface area contributed by atoms with Crippen LogP contribution >= 0.6 is 11.6 Å². The summed E-state index contributed by atoms with van der Waals surface area (Å²) in [5, 5.41) is 3.31. The van der Waals surface area contributed by atoms with E-state index in [4.69, 9.17) is 30.8 Å². The van der Waals surface area contributed by atoms with E-state index in [0.29, 0.717) is 22.6 Å². The van der Waals surface area contributed by atoms with Gasteiger partial charge < -0.3 is 24.1 Å². The quantitative estimate of drug-likeness (QED) is 0.296. The van der Waals surface area contributed by atoms with Crippen molar-refractivity contribution in [2.45, 2.75) is 81.9 Å². The Hall–Kier alpha value is -3.10. The molecule has 41 heavy (non-hydrogen) atoms. The molecule has 9 heteroatoms. The number of nitrogens with zero attached hydrogens (tertiary/aromatic N) is 2. The number of nitrogens with one attached hydrogen (secondary N) is 1. The maximum absolute atomic E-state index is 14.9. The highest BCUT2D eigenvalue weighted by Crippen LogP contribution is 2.44. The molecule has 1 aromatic heterocycles. The molecule has 0 radical (unpaired) electrons. The molecule has 2 aromatic carbocycles. The van der Waals surface area contributed by atoms with E-state index in [0.717, 1.165) is 56.9 Å². The van der Waals surface area contributed by atoms with Crippen LogP contribution < -0.4 is 5.32 Å². The predicted octanol–water partition coefficient (Wildman–Crippen LogP) is 6.94. The summed E-state index contributed by atoms with van der Waals surface area (Å²) in [5.74, 6) is 0.350. The SMILES string of the molecule is COC(c1nc2cc(F)c(Cl)cc2n1C(Cc1ccccc1)(C(=O)NC1CCCC1)C1=COCO1)C1CCCCC1. The molecule has 0 saturated heterocycles. The Morgan fingerprint density at radius 2 is 1.88 bits per heavy atom. The third kappa shape index (κ3) is 5.32. The first-order chi connectivity index (χ1) is 20.0. The van der Waals surface area contributed by atoms with Crippen LogP contribution in [-0.4, -0.2) is 35.4 Å². The fraction of sp³-hybridized carbons (Fsp3) is 0.500. The van der Waals surface area contributed by atoms with Crippen LogP contribution in [0.4, 0.5) is 4.39 Å². The van der Waals surface area contributed by atoms with Crippen LogP contribution in [0.15, 0.2) is 54.5 Å². The molecule has 2 saturated carbocycles. The Labute approximate surface area is 245 Å². The zero-order valence-electron chi connectivity index (χ0n) is 23.4. The van der Waals surface area contributed by atoms with Gasteiger partial charge in [-0.3, -0.25) is 4.79 Å². The monoisotopic (exact) mass is 581 g/mol.